The summed E-state index contributed by atoms with van der Waals surface area (Å²) in [4.78, 5) is 4.66. The first-order valence-corrected chi connectivity index (χ1v) is 6.70. The quantitative estimate of drug-likeness (QED) is 0.943. The van der Waals surface area contributed by atoms with Crippen LogP contribution in [0, 0.1) is 0 Å². The van der Waals surface area contributed by atoms with E-state index >= 15 is 0 Å². The van der Waals surface area contributed by atoms with Crippen molar-refractivity contribution < 1.29 is 0 Å². The summed E-state index contributed by atoms with van der Waals surface area (Å²) >= 11 is 3.45. The highest BCUT2D eigenvalue weighted by atomic mass is 79.9. The molecule has 0 radical (unpaired) electrons. The van der Waals surface area contributed by atoms with E-state index in [4.69, 9.17) is 0 Å². The Morgan fingerprint density at radius 3 is 2.94 bits per heavy atom. The van der Waals surface area contributed by atoms with Gasteiger partial charge in [0.1, 0.15) is 0 Å². The van der Waals surface area contributed by atoms with E-state index in [-0.39, 0.29) is 5.41 Å². The molecule has 2 heterocycles. The van der Waals surface area contributed by atoms with E-state index in [0.29, 0.717) is 0 Å². The molecule has 1 aliphatic rings. The summed E-state index contributed by atoms with van der Waals surface area (Å²) < 4.78 is 2.88. The Labute approximate surface area is 109 Å². The summed E-state index contributed by atoms with van der Waals surface area (Å²) in [5.74, 6) is 0.983. The molecule has 0 saturated heterocycles. The summed E-state index contributed by atoms with van der Waals surface area (Å²) in [5, 5.41) is 7.89. The molecule has 0 unspecified atom stereocenters. The second-order valence-corrected chi connectivity index (χ2v) is 5.67. The van der Waals surface area contributed by atoms with Crippen molar-refractivity contribution in [2.45, 2.75) is 24.7 Å². The minimum Gasteiger partial charge on any atom is -0.319 e. The Kier molecular flexibility index (Phi) is 2.67. The molecule has 1 N–H and O–H groups in total. The maximum absolute atomic E-state index is 4.66. The van der Waals surface area contributed by atoms with Crippen LogP contribution in [0.5, 0.6) is 0 Å². The van der Waals surface area contributed by atoms with Crippen LogP contribution in [0.4, 0.5) is 0 Å². The van der Waals surface area contributed by atoms with Gasteiger partial charge in [-0.1, -0.05) is 6.42 Å². The Bertz CT molecular complexity index is 544. The third kappa shape index (κ3) is 1.77. The lowest BCUT2D eigenvalue weighted by Crippen LogP contribution is -2.43. The lowest BCUT2D eigenvalue weighted by atomic mass is 9.68. The number of rotatable bonds is 3. The smallest absolute Gasteiger partial charge is 0.159 e. The molecule has 0 amide bonds. The second-order valence-electron chi connectivity index (χ2n) is 4.75. The van der Waals surface area contributed by atoms with Gasteiger partial charge in [-0.25, -0.2) is 9.50 Å². The van der Waals surface area contributed by atoms with Crippen LogP contribution in [0.2, 0.25) is 0 Å². The van der Waals surface area contributed by atoms with Gasteiger partial charge in [-0.3, -0.25) is 0 Å². The standard InChI is InChI=1S/C12H15BrN4/c1-14-8-12(5-2-6-12)11-15-10-4-3-9(13)7-17(10)16-11/h3-4,7,14H,2,5-6,8H2,1H3. The van der Waals surface area contributed by atoms with Gasteiger partial charge in [-0.2, -0.15) is 5.10 Å². The van der Waals surface area contributed by atoms with Crippen LogP contribution in [-0.2, 0) is 5.41 Å². The van der Waals surface area contributed by atoms with Crippen LogP contribution in [0.25, 0.3) is 5.65 Å². The van der Waals surface area contributed by atoms with Gasteiger partial charge in [0, 0.05) is 22.6 Å². The van der Waals surface area contributed by atoms with E-state index in [1.165, 1.54) is 19.3 Å². The third-order valence-corrected chi connectivity index (χ3v) is 4.06. The van der Waals surface area contributed by atoms with E-state index in [2.05, 4.69) is 31.3 Å². The van der Waals surface area contributed by atoms with Gasteiger partial charge in [0.05, 0.1) is 0 Å². The third-order valence-electron chi connectivity index (χ3n) is 3.60. The fraction of sp³-hybridized carbons (Fsp3) is 0.500. The zero-order valence-corrected chi connectivity index (χ0v) is 11.4. The van der Waals surface area contributed by atoms with Crippen molar-refractivity contribution in [2.24, 2.45) is 0 Å². The van der Waals surface area contributed by atoms with Gasteiger partial charge >= 0.3 is 0 Å². The Morgan fingerprint density at radius 2 is 2.29 bits per heavy atom. The number of hydrogen-bond donors (Lipinski definition) is 1. The highest BCUT2D eigenvalue weighted by Crippen LogP contribution is 2.41. The van der Waals surface area contributed by atoms with Gasteiger partial charge in [0.25, 0.3) is 0 Å². The molecule has 0 spiro atoms. The van der Waals surface area contributed by atoms with E-state index in [1.807, 2.05) is 29.9 Å². The van der Waals surface area contributed by atoms with Crippen LogP contribution in [0.3, 0.4) is 0 Å². The minimum atomic E-state index is 0.160. The number of likely N-dealkylation sites (N-methyl/N-ethyl adjacent to an activating group) is 1. The number of aromatic nitrogens is 3. The fourth-order valence-corrected chi connectivity index (χ4v) is 2.83. The first-order valence-electron chi connectivity index (χ1n) is 5.91. The van der Waals surface area contributed by atoms with Crippen molar-refractivity contribution in [3.05, 3.63) is 28.6 Å². The molecule has 4 nitrogen and oxygen atoms in total. The molecule has 90 valence electrons. The van der Waals surface area contributed by atoms with E-state index in [1.54, 1.807) is 0 Å². The first-order chi connectivity index (χ1) is 8.23. The molecule has 0 bridgehead atoms. The molecule has 0 atom stereocenters. The fourth-order valence-electron chi connectivity index (χ4n) is 2.50. The Balaban J connectivity index is 2.05. The second kappa shape index (κ2) is 4.07. The highest BCUT2D eigenvalue weighted by molar-refractivity contribution is 9.10. The van der Waals surface area contributed by atoms with Crippen molar-refractivity contribution in [1.29, 1.82) is 0 Å². The molecule has 5 heteroatoms. The lowest BCUT2D eigenvalue weighted by Gasteiger charge is -2.39. The number of nitrogens with one attached hydrogen (secondary N) is 1. The van der Waals surface area contributed by atoms with Crippen LogP contribution in [0.1, 0.15) is 25.1 Å². The highest BCUT2D eigenvalue weighted by Gasteiger charge is 2.41. The zero-order chi connectivity index (χ0) is 11.9. The number of nitrogens with zero attached hydrogens (tertiary/aromatic N) is 3. The molecule has 1 saturated carbocycles. The van der Waals surface area contributed by atoms with Crippen molar-refractivity contribution in [3.8, 4) is 0 Å². The summed E-state index contributed by atoms with van der Waals surface area (Å²) in [5.41, 5.74) is 1.08. The Hall–Kier alpha value is -0.940. The molecular weight excluding hydrogens is 280 g/mol. The predicted molar refractivity (Wildman–Crippen MR) is 70.1 cm³/mol. The predicted octanol–water partition coefficient (Wildman–Crippen LogP) is 2.13. The van der Waals surface area contributed by atoms with Crippen LogP contribution in [-0.4, -0.2) is 28.2 Å². The average Bonchev–Trinajstić information content (AvgIpc) is 2.66. The van der Waals surface area contributed by atoms with Crippen LogP contribution >= 0.6 is 15.9 Å². The monoisotopic (exact) mass is 294 g/mol. The summed E-state index contributed by atoms with van der Waals surface area (Å²) in [6.07, 6.45) is 5.61. The van der Waals surface area contributed by atoms with E-state index in [0.717, 1.165) is 22.5 Å². The zero-order valence-electron chi connectivity index (χ0n) is 9.78. The van der Waals surface area contributed by atoms with Crippen molar-refractivity contribution >= 4 is 21.6 Å². The maximum Gasteiger partial charge on any atom is 0.159 e. The SMILES string of the molecule is CNCC1(c2nc3ccc(Br)cn3n2)CCC1. The van der Waals surface area contributed by atoms with E-state index < -0.39 is 0 Å². The van der Waals surface area contributed by atoms with Gasteiger partial charge in [0.15, 0.2) is 11.5 Å². The molecule has 1 aliphatic carbocycles. The van der Waals surface area contributed by atoms with Crippen LogP contribution in [0.15, 0.2) is 22.8 Å². The minimum absolute atomic E-state index is 0.160. The van der Waals surface area contributed by atoms with E-state index in [9.17, 15) is 0 Å². The van der Waals surface area contributed by atoms with Gasteiger partial charge in [0.2, 0.25) is 0 Å². The van der Waals surface area contributed by atoms with Crippen molar-refractivity contribution in [3.63, 3.8) is 0 Å². The first kappa shape index (κ1) is 11.2. The number of fused-ring (bicyclic) bond motifs is 1. The number of halogens is 1. The molecule has 1 fully saturated rings. The molecular formula is C12H15BrN4. The molecule has 2 aromatic rings. The molecule has 3 rings (SSSR count). The molecule has 0 aromatic carbocycles. The van der Waals surface area contributed by atoms with Crippen LogP contribution < -0.4 is 5.32 Å². The van der Waals surface area contributed by atoms with Crippen molar-refractivity contribution in [1.82, 2.24) is 19.9 Å². The largest absolute Gasteiger partial charge is 0.319 e. The Morgan fingerprint density at radius 1 is 1.47 bits per heavy atom. The number of hydrogen-bond acceptors (Lipinski definition) is 3. The van der Waals surface area contributed by atoms with Gasteiger partial charge in [-0.15, -0.1) is 0 Å². The molecule has 0 aliphatic heterocycles. The summed E-state index contributed by atoms with van der Waals surface area (Å²) in [6, 6.07) is 3.99. The van der Waals surface area contributed by atoms with Crippen molar-refractivity contribution in [2.75, 3.05) is 13.6 Å². The average molecular weight is 295 g/mol. The van der Waals surface area contributed by atoms with Gasteiger partial charge in [-0.05, 0) is 48.0 Å². The number of pyridine rings is 1. The maximum atomic E-state index is 4.66. The topological polar surface area (TPSA) is 42.2 Å². The normalized spacial score (nSPS) is 18.2. The molecule has 2 aromatic heterocycles. The summed E-state index contributed by atoms with van der Waals surface area (Å²) in [6.45, 7) is 0.963. The molecule has 17 heavy (non-hydrogen) atoms. The van der Waals surface area contributed by atoms with Gasteiger partial charge < -0.3 is 5.32 Å². The lowest BCUT2D eigenvalue weighted by molar-refractivity contribution is 0.225. The summed E-state index contributed by atoms with van der Waals surface area (Å²) in [7, 11) is 1.99.